The third-order valence-corrected chi connectivity index (χ3v) is 2.83. The molecule has 4 N–H and O–H groups in total. The fourth-order valence-electron chi connectivity index (χ4n) is 1.68. The Kier molecular flexibility index (Phi) is 3.57. The first-order valence-electron chi connectivity index (χ1n) is 5.29. The number of aromatic hydroxyl groups is 1. The summed E-state index contributed by atoms with van der Waals surface area (Å²) >= 11 is 5.76. The molecule has 0 unspecified atom stereocenters. The van der Waals surface area contributed by atoms with Crippen LogP contribution < -0.4 is 5.73 Å². The summed E-state index contributed by atoms with van der Waals surface area (Å²) in [5.74, 6) is -0.982. The summed E-state index contributed by atoms with van der Waals surface area (Å²) in [6.07, 6.45) is 0. The minimum Gasteiger partial charge on any atom is -0.505 e. The van der Waals surface area contributed by atoms with Gasteiger partial charge in [-0.3, -0.25) is 0 Å². The fourth-order valence-corrected chi connectivity index (χ4v) is 1.80. The van der Waals surface area contributed by atoms with Crippen molar-refractivity contribution in [2.24, 2.45) is 5.16 Å². The monoisotopic (exact) mass is 280 g/mol. The molecule has 0 aromatic heterocycles. The van der Waals surface area contributed by atoms with Crippen LogP contribution in [-0.2, 0) is 0 Å². The summed E-state index contributed by atoms with van der Waals surface area (Å²) in [5.41, 5.74) is 5.80. The van der Waals surface area contributed by atoms with E-state index in [4.69, 9.17) is 22.5 Å². The molecule has 2 aromatic rings. The molecule has 2 rings (SSSR count). The van der Waals surface area contributed by atoms with Crippen molar-refractivity contribution >= 4 is 23.0 Å². The van der Waals surface area contributed by atoms with Gasteiger partial charge in [-0.25, -0.2) is 4.39 Å². The van der Waals surface area contributed by atoms with Crippen molar-refractivity contribution in [3.63, 3.8) is 0 Å². The maximum Gasteiger partial charge on any atom is 0.148 e. The highest BCUT2D eigenvalue weighted by atomic mass is 35.5. The van der Waals surface area contributed by atoms with E-state index in [1.807, 2.05) is 0 Å². The summed E-state index contributed by atoms with van der Waals surface area (Å²) in [7, 11) is 0. The van der Waals surface area contributed by atoms with Crippen LogP contribution in [0.4, 0.5) is 10.1 Å². The first-order chi connectivity index (χ1) is 9.02. The normalized spacial score (nSPS) is 11.6. The molecule has 0 aliphatic carbocycles. The molecule has 6 heteroatoms. The van der Waals surface area contributed by atoms with E-state index in [2.05, 4.69) is 5.16 Å². The molecule has 0 spiro atoms. The highest BCUT2D eigenvalue weighted by Crippen LogP contribution is 2.29. The molecule has 0 saturated carbocycles. The molecule has 0 amide bonds. The van der Waals surface area contributed by atoms with E-state index in [0.29, 0.717) is 10.6 Å². The zero-order chi connectivity index (χ0) is 14.0. The highest BCUT2D eigenvalue weighted by molar-refractivity contribution is 6.30. The van der Waals surface area contributed by atoms with Gasteiger partial charge in [0.05, 0.1) is 11.3 Å². The van der Waals surface area contributed by atoms with Crippen molar-refractivity contribution in [2.45, 2.75) is 0 Å². The average molecular weight is 281 g/mol. The minimum absolute atomic E-state index is 0.000340. The molecule has 0 bridgehead atoms. The highest BCUT2D eigenvalue weighted by Gasteiger charge is 2.16. The molecule has 4 nitrogen and oxygen atoms in total. The molecule has 19 heavy (non-hydrogen) atoms. The molecule has 2 aromatic carbocycles. The number of rotatable bonds is 2. The fraction of sp³-hybridized carbons (Fsp3) is 0. The number of phenolic OH excluding ortho intramolecular Hbond substituents is 1. The number of hydrogen-bond acceptors (Lipinski definition) is 4. The van der Waals surface area contributed by atoms with Crippen LogP contribution in [0.2, 0.25) is 5.02 Å². The van der Waals surface area contributed by atoms with Gasteiger partial charge in [0.25, 0.3) is 0 Å². The second kappa shape index (κ2) is 5.16. The van der Waals surface area contributed by atoms with E-state index in [1.165, 1.54) is 0 Å². The van der Waals surface area contributed by atoms with E-state index >= 15 is 0 Å². The van der Waals surface area contributed by atoms with Crippen LogP contribution >= 0.6 is 11.6 Å². The van der Waals surface area contributed by atoms with E-state index in [9.17, 15) is 9.50 Å². The summed E-state index contributed by atoms with van der Waals surface area (Å²) in [6.45, 7) is 0. The molecule has 0 fully saturated rings. The average Bonchev–Trinajstić information content (AvgIpc) is 2.38. The molecule has 0 atom stereocenters. The molecule has 0 heterocycles. The molecule has 0 aliphatic rings. The lowest BCUT2D eigenvalue weighted by atomic mass is 10.0. The zero-order valence-corrected chi connectivity index (χ0v) is 10.4. The number of hydrogen-bond donors (Lipinski definition) is 3. The summed E-state index contributed by atoms with van der Waals surface area (Å²) in [5, 5.41) is 22.5. The van der Waals surface area contributed by atoms with Crippen molar-refractivity contribution in [1.29, 1.82) is 0 Å². The number of phenols is 1. The second-order valence-electron chi connectivity index (χ2n) is 3.85. The van der Waals surface area contributed by atoms with E-state index in [-0.39, 0.29) is 22.7 Å². The van der Waals surface area contributed by atoms with Gasteiger partial charge in [-0.1, -0.05) is 28.9 Å². The Hall–Kier alpha value is -2.27. The third kappa shape index (κ3) is 2.61. The Morgan fingerprint density at radius 2 is 1.84 bits per heavy atom. The van der Waals surface area contributed by atoms with Gasteiger partial charge in [0, 0.05) is 16.7 Å². The maximum atomic E-state index is 13.3. The number of nitrogens with zero attached hydrogens (tertiary/aromatic N) is 1. The van der Waals surface area contributed by atoms with Gasteiger partial charge in [0.1, 0.15) is 17.3 Å². The van der Waals surface area contributed by atoms with Crippen molar-refractivity contribution in [3.8, 4) is 5.75 Å². The van der Waals surface area contributed by atoms with Crippen LogP contribution in [0, 0.1) is 5.82 Å². The van der Waals surface area contributed by atoms with Crippen LogP contribution in [0.25, 0.3) is 0 Å². The Morgan fingerprint density at radius 3 is 2.42 bits per heavy atom. The van der Waals surface area contributed by atoms with Gasteiger partial charge >= 0.3 is 0 Å². The molecule has 0 saturated heterocycles. The van der Waals surface area contributed by atoms with Gasteiger partial charge in [-0.05, 0) is 18.2 Å². The Morgan fingerprint density at radius 1 is 1.21 bits per heavy atom. The number of nitrogen functional groups attached to an aromatic ring is 1. The van der Waals surface area contributed by atoms with Crippen molar-refractivity contribution in [3.05, 3.63) is 58.4 Å². The van der Waals surface area contributed by atoms with Crippen LogP contribution in [0.1, 0.15) is 11.1 Å². The van der Waals surface area contributed by atoms with Gasteiger partial charge in [0.2, 0.25) is 0 Å². The Bertz CT molecular complexity index is 642. The van der Waals surface area contributed by atoms with E-state index in [1.54, 1.807) is 24.3 Å². The quantitative estimate of drug-likeness (QED) is 0.260. The van der Waals surface area contributed by atoms with Crippen LogP contribution in [0.15, 0.2) is 41.6 Å². The maximum absolute atomic E-state index is 13.3. The van der Waals surface area contributed by atoms with E-state index < -0.39 is 5.82 Å². The number of oxime groups is 1. The predicted octanol–water partition coefficient (Wildman–Crippen LogP) is 2.99. The number of halogens is 2. The summed E-state index contributed by atoms with van der Waals surface area (Å²) < 4.78 is 13.3. The second-order valence-corrected chi connectivity index (χ2v) is 4.28. The zero-order valence-electron chi connectivity index (χ0n) is 9.64. The van der Waals surface area contributed by atoms with Gasteiger partial charge < -0.3 is 16.0 Å². The molecule has 0 aliphatic heterocycles. The molecular weight excluding hydrogens is 271 g/mol. The smallest absolute Gasteiger partial charge is 0.148 e. The standard InChI is InChI=1S/C13H10ClFN2O2/c14-8-3-1-7(2-4-8)12(17-19)10-5-9(15)6-11(16)13(10)18/h1-6,18-19H,16H2. The summed E-state index contributed by atoms with van der Waals surface area (Å²) in [6, 6.07) is 8.35. The van der Waals surface area contributed by atoms with Crippen LogP contribution in [-0.4, -0.2) is 16.0 Å². The van der Waals surface area contributed by atoms with E-state index in [0.717, 1.165) is 12.1 Å². The molecule has 0 radical (unpaired) electrons. The van der Waals surface area contributed by atoms with Crippen molar-refractivity contribution < 1.29 is 14.7 Å². The third-order valence-electron chi connectivity index (χ3n) is 2.58. The topological polar surface area (TPSA) is 78.8 Å². The SMILES string of the molecule is Nc1cc(F)cc(C(=NO)c2ccc(Cl)cc2)c1O. The molecular formula is C13H10ClFN2O2. The first-order valence-corrected chi connectivity index (χ1v) is 5.67. The predicted molar refractivity (Wildman–Crippen MR) is 71.4 cm³/mol. The van der Waals surface area contributed by atoms with Gasteiger partial charge in [-0.15, -0.1) is 0 Å². The minimum atomic E-state index is -0.639. The lowest BCUT2D eigenvalue weighted by Gasteiger charge is -2.09. The number of benzene rings is 2. The number of nitrogens with two attached hydrogens (primary N) is 1. The van der Waals surface area contributed by atoms with Crippen LogP contribution in [0.5, 0.6) is 5.75 Å². The van der Waals surface area contributed by atoms with Gasteiger partial charge in [0.15, 0.2) is 0 Å². The Labute approximate surface area is 113 Å². The van der Waals surface area contributed by atoms with Crippen molar-refractivity contribution in [1.82, 2.24) is 0 Å². The van der Waals surface area contributed by atoms with Crippen molar-refractivity contribution in [2.75, 3.05) is 5.73 Å². The lowest BCUT2D eigenvalue weighted by molar-refractivity contribution is 0.319. The molecule has 98 valence electrons. The Balaban J connectivity index is 2.58. The largest absolute Gasteiger partial charge is 0.505 e. The lowest BCUT2D eigenvalue weighted by Crippen LogP contribution is -2.06. The van der Waals surface area contributed by atoms with Crippen LogP contribution in [0.3, 0.4) is 0 Å². The number of anilines is 1. The van der Waals surface area contributed by atoms with Gasteiger partial charge in [-0.2, -0.15) is 0 Å². The summed E-state index contributed by atoms with van der Waals surface area (Å²) in [4.78, 5) is 0. The first kappa shape index (κ1) is 13.2.